The number of urea groups is 1. The number of amides is 3. The molecule has 1 aromatic heterocycles. The molecule has 2 unspecified atom stereocenters. The molecule has 2 N–H and O–H groups in total. The van der Waals surface area contributed by atoms with Gasteiger partial charge in [-0.25, -0.2) is 4.79 Å². The molecule has 2 aliphatic rings. The van der Waals surface area contributed by atoms with E-state index in [0.717, 1.165) is 29.8 Å². The van der Waals surface area contributed by atoms with Gasteiger partial charge in [-0.15, -0.1) is 0 Å². The van der Waals surface area contributed by atoms with Gasteiger partial charge in [0.05, 0.1) is 5.56 Å². The molecule has 38 heavy (non-hydrogen) atoms. The zero-order valence-corrected chi connectivity index (χ0v) is 20.4. The highest BCUT2D eigenvalue weighted by Crippen LogP contribution is 2.35. The summed E-state index contributed by atoms with van der Waals surface area (Å²) in [6.45, 7) is 1.37. The number of aromatic nitrogens is 1. The van der Waals surface area contributed by atoms with Gasteiger partial charge in [-0.3, -0.25) is 9.59 Å². The first-order valence-corrected chi connectivity index (χ1v) is 12.4. The van der Waals surface area contributed by atoms with Gasteiger partial charge in [0.15, 0.2) is 0 Å². The third-order valence-corrected chi connectivity index (χ3v) is 7.12. The van der Waals surface area contributed by atoms with Gasteiger partial charge in [-0.2, -0.15) is 13.2 Å². The number of carbonyl (C=O) groups excluding carboxylic acids is 2. The van der Waals surface area contributed by atoms with Crippen LogP contribution in [0, 0.1) is 5.92 Å². The van der Waals surface area contributed by atoms with Crippen LogP contribution in [0.3, 0.4) is 0 Å². The van der Waals surface area contributed by atoms with Gasteiger partial charge in [0.25, 0.3) is 5.56 Å². The lowest BCUT2D eigenvalue weighted by Crippen LogP contribution is -2.55. The van der Waals surface area contributed by atoms with E-state index in [4.69, 9.17) is 0 Å². The molecule has 2 aromatic carbocycles. The summed E-state index contributed by atoms with van der Waals surface area (Å²) in [6, 6.07) is 17.2. The molecule has 2 aliphatic heterocycles. The molecule has 0 saturated carbocycles. The normalized spacial score (nSPS) is 19.3. The Balaban J connectivity index is 1.33. The summed E-state index contributed by atoms with van der Waals surface area (Å²) < 4.78 is 41.2. The average molecular weight is 525 g/mol. The van der Waals surface area contributed by atoms with Crippen LogP contribution in [0.25, 0.3) is 0 Å². The summed E-state index contributed by atoms with van der Waals surface area (Å²) in [5.41, 5.74) is 0.754. The highest BCUT2D eigenvalue weighted by Gasteiger charge is 2.37. The lowest BCUT2D eigenvalue weighted by Gasteiger charge is -2.43. The maximum Gasteiger partial charge on any atom is 0.416 e. The van der Waals surface area contributed by atoms with Gasteiger partial charge in [0, 0.05) is 49.4 Å². The lowest BCUT2D eigenvalue weighted by molar-refractivity contribution is -0.137. The first-order valence-electron chi connectivity index (χ1n) is 12.4. The number of fused-ring (bicyclic) bond motifs is 4. The summed E-state index contributed by atoms with van der Waals surface area (Å²) in [6.07, 6.45) is -3.51. The molecular weight excluding hydrogens is 497 g/mol. The summed E-state index contributed by atoms with van der Waals surface area (Å²) in [5.74, 6) is -0.497. The maximum absolute atomic E-state index is 13.4. The smallest absolute Gasteiger partial charge is 0.326 e. The Morgan fingerprint density at radius 2 is 1.71 bits per heavy atom. The van der Waals surface area contributed by atoms with E-state index in [9.17, 15) is 27.6 Å². The fourth-order valence-electron chi connectivity index (χ4n) is 5.36. The van der Waals surface area contributed by atoms with Gasteiger partial charge >= 0.3 is 12.2 Å². The highest BCUT2D eigenvalue weighted by atomic mass is 19.4. The monoisotopic (exact) mass is 524 g/mol. The number of alkyl halides is 3. The Kier molecular flexibility index (Phi) is 6.96. The van der Waals surface area contributed by atoms with Crippen molar-refractivity contribution in [1.29, 1.82) is 0 Å². The predicted molar refractivity (Wildman–Crippen MR) is 136 cm³/mol. The number of nitrogens with zero attached hydrogens (tertiary/aromatic N) is 2. The second-order valence-corrected chi connectivity index (χ2v) is 9.86. The molecule has 2 bridgehead atoms. The van der Waals surface area contributed by atoms with Crippen LogP contribution >= 0.6 is 0 Å². The summed E-state index contributed by atoms with van der Waals surface area (Å²) >= 11 is 0. The lowest BCUT2D eigenvalue weighted by atomic mass is 9.83. The fraction of sp³-hybridized carbons (Fsp3) is 0.321. The van der Waals surface area contributed by atoms with Crippen LogP contribution in [0.15, 0.2) is 77.6 Å². The molecule has 1 fully saturated rings. The SMILES string of the molecule is O=C(Nc1cccc(C(F)(F)F)c1)[C@H](Cc1ccccc1)NC(=O)N1CC2CC(C1)c1cccc(=O)n1C2. The quantitative estimate of drug-likeness (QED) is 0.524. The predicted octanol–water partition coefficient (Wildman–Crippen LogP) is 4.25. The number of likely N-dealkylation sites (tertiary alicyclic amines) is 1. The van der Waals surface area contributed by atoms with E-state index in [1.807, 2.05) is 36.4 Å². The molecule has 198 valence electrons. The van der Waals surface area contributed by atoms with Crippen LogP contribution < -0.4 is 16.2 Å². The number of anilines is 1. The van der Waals surface area contributed by atoms with Crippen molar-refractivity contribution < 1.29 is 22.8 Å². The molecule has 3 aromatic rings. The van der Waals surface area contributed by atoms with Crippen molar-refractivity contribution in [2.24, 2.45) is 5.92 Å². The van der Waals surface area contributed by atoms with Crippen LogP contribution in [0.5, 0.6) is 0 Å². The third kappa shape index (κ3) is 5.58. The zero-order chi connectivity index (χ0) is 26.9. The molecule has 7 nitrogen and oxygen atoms in total. The minimum atomic E-state index is -4.55. The Morgan fingerprint density at radius 1 is 0.947 bits per heavy atom. The van der Waals surface area contributed by atoms with Crippen molar-refractivity contribution >= 4 is 17.6 Å². The average Bonchev–Trinajstić information content (AvgIpc) is 2.89. The number of pyridine rings is 1. The van der Waals surface area contributed by atoms with E-state index < -0.39 is 29.7 Å². The second-order valence-electron chi connectivity index (χ2n) is 9.86. The Labute approximate surface area is 217 Å². The number of carbonyl (C=O) groups is 2. The van der Waals surface area contributed by atoms with Crippen LogP contribution in [-0.2, 0) is 23.9 Å². The molecule has 3 amide bonds. The first kappa shape index (κ1) is 25.6. The maximum atomic E-state index is 13.4. The number of rotatable bonds is 5. The van der Waals surface area contributed by atoms with Crippen LogP contribution in [-0.4, -0.2) is 40.5 Å². The summed E-state index contributed by atoms with van der Waals surface area (Å²) in [5, 5.41) is 5.34. The Hall–Kier alpha value is -4.08. The standard InChI is InChI=1S/C28H27F3N4O3/c29-28(30,31)21-8-4-9-22(14-21)32-26(37)23(13-18-6-2-1-3-7-18)33-27(38)34-15-19-12-20(17-34)24-10-5-11-25(36)35(24)16-19/h1-11,14,19-20,23H,12-13,15-17H2,(H,32,37)(H,33,38)/t19?,20?,23-/m0/s1. The van der Waals surface area contributed by atoms with Crippen molar-refractivity contribution in [2.45, 2.75) is 37.5 Å². The van der Waals surface area contributed by atoms with Crippen molar-refractivity contribution in [2.75, 3.05) is 18.4 Å². The first-order chi connectivity index (χ1) is 18.2. The van der Waals surface area contributed by atoms with E-state index in [1.54, 1.807) is 15.5 Å². The van der Waals surface area contributed by atoms with E-state index in [-0.39, 0.29) is 29.5 Å². The Morgan fingerprint density at radius 3 is 2.47 bits per heavy atom. The molecule has 0 spiro atoms. The van der Waals surface area contributed by atoms with E-state index in [1.165, 1.54) is 18.2 Å². The molecule has 3 atom stereocenters. The molecule has 1 saturated heterocycles. The molecule has 10 heteroatoms. The molecule has 0 radical (unpaired) electrons. The number of nitrogens with one attached hydrogen (secondary N) is 2. The fourth-order valence-corrected chi connectivity index (χ4v) is 5.36. The van der Waals surface area contributed by atoms with Crippen LogP contribution in [0.2, 0.25) is 0 Å². The van der Waals surface area contributed by atoms with Gasteiger partial charge in [-0.1, -0.05) is 42.5 Å². The molecule has 5 rings (SSSR count). The largest absolute Gasteiger partial charge is 0.416 e. The van der Waals surface area contributed by atoms with Gasteiger partial charge in [0.1, 0.15) is 6.04 Å². The van der Waals surface area contributed by atoms with E-state index >= 15 is 0 Å². The zero-order valence-electron chi connectivity index (χ0n) is 20.4. The number of hydrogen-bond acceptors (Lipinski definition) is 3. The van der Waals surface area contributed by atoms with Crippen molar-refractivity contribution in [1.82, 2.24) is 14.8 Å². The molecular formula is C28H27F3N4O3. The number of benzene rings is 2. The molecule has 3 heterocycles. The minimum absolute atomic E-state index is 0.00770. The van der Waals surface area contributed by atoms with Crippen LogP contribution in [0.4, 0.5) is 23.7 Å². The van der Waals surface area contributed by atoms with Crippen LogP contribution in [0.1, 0.15) is 29.2 Å². The van der Waals surface area contributed by atoms with Crippen molar-refractivity contribution in [3.8, 4) is 0 Å². The minimum Gasteiger partial charge on any atom is -0.326 e. The number of piperidine rings is 1. The van der Waals surface area contributed by atoms with Crippen molar-refractivity contribution in [3.05, 3.63) is 100.0 Å². The van der Waals surface area contributed by atoms with Crippen molar-refractivity contribution in [3.63, 3.8) is 0 Å². The van der Waals surface area contributed by atoms with E-state index in [2.05, 4.69) is 10.6 Å². The topological polar surface area (TPSA) is 83.4 Å². The number of hydrogen-bond donors (Lipinski definition) is 2. The highest BCUT2D eigenvalue weighted by molar-refractivity contribution is 5.97. The van der Waals surface area contributed by atoms with Gasteiger partial charge < -0.3 is 20.1 Å². The van der Waals surface area contributed by atoms with Gasteiger partial charge in [0.2, 0.25) is 5.91 Å². The summed E-state index contributed by atoms with van der Waals surface area (Å²) in [7, 11) is 0. The summed E-state index contributed by atoms with van der Waals surface area (Å²) in [4.78, 5) is 40.6. The Bertz CT molecular complexity index is 1390. The second kappa shape index (κ2) is 10.4. The molecule has 0 aliphatic carbocycles. The van der Waals surface area contributed by atoms with Gasteiger partial charge in [-0.05, 0) is 42.2 Å². The number of halogens is 3. The van der Waals surface area contributed by atoms with E-state index in [0.29, 0.717) is 19.6 Å². The third-order valence-electron chi connectivity index (χ3n) is 7.12.